The molecule has 88 valence electrons. The summed E-state index contributed by atoms with van der Waals surface area (Å²) in [6.45, 7) is 8.02. The van der Waals surface area contributed by atoms with Crippen molar-refractivity contribution in [1.82, 2.24) is 0 Å². The highest BCUT2D eigenvalue weighted by atomic mass is 79.9. The summed E-state index contributed by atoms with van der Waals surface area (Å²) in [6.07, 6.45) is 0.396. The summed E-state index contributed by atoms with van der Waals surface area (Å²) in [7, 11) is 0. The van der Waals surface area contributed by atoms with Gasteiger partial charge in [0.05, 0.1) is 10.0 Å². The maximum absolute atomic E-state index is 11.7. The lowest BCUT2D eigenvalue weighted by atomic mass is 9.85. The maximum Gasteiger partial charge on any atom is 0.166 e. The molecule has 1 rings (SSSR count). The third kappa shape index (κ3) is 2.64. The Hall–Kier alpha value is -0.830. The molecule has 0 aliphatic heterocycles. The summed E-state index contributed by atoms with van der Waals surface area (Å²) < 4.78 is 0.580. The smallest absolute Gasteiger partial charge is 0.166 e. The lowest BCUT2D eigenvalue weighted by Crippen LogP contribution is -2.12. The molecule has 0 radical (unpaired) electrons. The van der Waals surface area contributed by atoms with Gasteiger partial charge in [0, 0.05) is 6.42 Å². The van der Waals surface area contributed by atoms with Crippen molar-refractivity contribution in [2.24, 2.45) is 0 Å². The Balaban J connectivity index is 3.39. The summed E-state index contributed by atoms with van der Waals surface area (Å²) in [4.78, 5) is 11.7. The van der Waals surface area contributed by atoms with Gasteiger partial charge in [-0.05, 0) is 39.0 Å². The molecular weight excluding hydrogens is 268 g/mol. The average Bonchev–Trinajstić information content (AvgIpc) is 2.19. The predicted molar refractivity (Wildman–Crippen MR) is 69.1 cm³/mol. The van der Waals surface area contributed by atoms with E-state index < -0.39 is 0 Å². The minimum Gasteiger partial charge on any atom is -0.506 e. The SMILES string of the molecule is CCC(=O)c1cc(C(C)(C)C)cc(Br)c1O. The Labute approximate surface area is 105 Å². The van der Waals surface area contributed by atoms with E-state index in [0.29, 0.717) is 16.5 Å². The van der Waals surface area contributed by atoms with Crippen LogP contribution < -0.4 is 0 Å². The largest absolute Gasteiger partial charge is 0.506 e. The van der Waals surface area contributed by atoms with Crippen molar-refractivity contribution in [3.05, 3.63) is 27.7 Å². The summed E-state index contributed by atoms with van der Waals surface area (Å²) >= 11 is 3.28. The topological polar surface area (TPSA) is 37.3 Å². The van der Waals surface area contributed by atoms with Gasteiger partial charge in [-0.25, -0.2) is 0 Å². The number of aromatic hydroxyl groups is 1. The average molecular weight is 285 g/mol. The van der Waals surface area contributed by atoms with Crippen molar-refractivity contribution in [2.45, 2.75) is 39.5 Å². The third-order valence-electron chi connectivity index (χ3n) is 2.55. The first-order valence-electron chi connectivity index (χ1n) is 5.33. The van der Waals surface area contributed by atoms with Crippen LogP contribution in [0.25, 0.3) is 0 Å². The molecule has 1 N–H and O–H groups in total. The van der Waals surface area contributed by atoms with E-state index in [4.69, 9.17) is 0 Å². The molecule has 0 fully saturated rings. The fourth-order valence-corrected chi connectivity index (χ4v) is 1.90. The summed E-state index contributed by atoms with van der Waals surface area (Å²) in [5.74, 6) is 0.00384. The minimum atomic E-state index is -0.0427. The molecule has 0 unspecified atom stereocenters. The highest BCUT2D eigenvalue weighted by molar-refractivity contribution is 9.10. The van der Waals surface area contributed by atoms with Crippen LogP contribution in [0.3, 0.4) is 0 Å². The van der Waals surface area contributed by atoms with Gasteiger partial charge < -0.3 is 5.11 Å². The van der Waals surface area contributed by atoms with Gasteiger partial charge in [-0.15, -0.1) is 0 Å². The fourth-order valence-electron chi connectivity index (χ4n) is 1.44. The van der Waals surface area contributed by atoms with Gasteiger partial charge >= 0.3 is 0 Å². The molecule has 0 bridgehead atoms. The summed E-state index contributed by atoms with van der Waals surface area (Å²) in [6, 6.07) is 3.65. The van der Waals surface area contributed by atoms with Crippen molar-refractivity contribution in [3.8, 4) is 5.75 Å². The first-order chi connectivity index (χ1) is 7.27. The van der Waals surface area contributed by atoms with Crippen LogP contribution in [-0.2, 0) is 5.41 Å². The molecule has 0 saturated heterocycles. The van der Waals surface area contributed by atoms with Crippen LogP contribution in [0.15, 0.2) is 16.6 Å². The molecule has 0 heterocycles. The summed E-state index contributed by atoms with van der Waals surface area (Å²) in [5.41, 5.74) is 1.40. The molecule has 2 nitrogen and oxygen atoms in total. The van der Waals surface area contributed by atoms with Gasteiger partial charge in [0.25, 0.3) is 0 Å². The molecule has 3 heteroatoms. The quantitative estimate of drug-likeness (QED) is 0.832. The van der Waals surface area contributed by atoms with E-state index in [9.17, 15) is 9.90 Å². The van der Waals surface area contributed by atoms with Gasteiger partial charge in [0.2, 0.25) is 0 Å². The van der Waals surface area contributed by atoms with Crippen LogP contribution in [-0.4, -0.2) is 10.9 Å². The number of benzene rings is 1. The number of halogens is 1. The molecule has 0 saturated carbocycles. The number of hydrogen-bond acceptors (Lipinski definition) is 2. The number of ketones is 1. The molecule has 16 heavy (non-hydrogen) atoms. The number of phenols is 1. The first-order valence-corrected chi connectivity index (χ1v) is 6.13. The van der Waals surface area contributed by atoms with Crippen LogP contribution in [0.4, 0.5) is 0 Å². The zero-order chi connectivity index (χ0) is 12.5. The van der Waals surface area contributed by atoms with Crippen molar-refractivity contribution in [3.63, 3.8) is 0 Å². The van der Waals surface area contributed by atoms with Crippen LogP contribution in [0.5, 0.6) is 5.75 Å². The van der Waals surface area contributed by atoms with Crippen molar-refractivity contribution >= 4 is 21.7 Å². The molecule has 1 aromatic rings. The van der Waals surface area contributed by atoms with Gasteiger partial charge in [0.15, 0.2) is 5.78 Å². The maximum atomic E-state index is 11.7. The number of hydrogen-bond donors (Lipinski definition) is 1. The number of Topliss-reactive ketones (excluding diaryl/α,β-unsaturated/α-hetero) is 1. The Kier molecular flexibility index (Phi) is 3.79. The summed E-state index contributed by atoms with van der Waals surface area (Å²) in [5, 5.41) is 9.82. The Morgan fingerprint density at radius 3 is 2.38 bits per heavy atom. The molecule has 0 atom stereocenters. The van der Waals surface area contributed by atoms with Gasteiger partial charge in [-0.2, -0.15) is 0 Å². The highest BCUT2D eigenvalue weighted by Gasteiger charge is 2.20. The number of carbonyl (C=O) groups excluding carboxylic acids is 1. The van der Waals surface area contributed by atoms with E-state index in [0.717, 1.165) is 5.56 Å². The van der Waals surface area contributed by atoms with E-state index in [1.54, 1.807) is 13.0 Å². The highest BCUT2D eigenvalue weighted by Crippen LogP contribution is 2.34. The van der Waals surface area contributed by atoms with E-state index in [-0.39, 0.29) is 16.9 Å². The predicted octanol–water partition coefficient (Wildman–Crippen LogP) is 4.04. The third-order valence-corrected chi connectivity index (χ3v) is 3.16. The van der Waals surface area contributed by atoms with Crippen molar-refractivity contribution < 1.29 is 9.90 Å². The van der Waals surface area contributed by atoms with Gasteiger partial charge in [0.1, 0.15) is 5.75 Å². The van der Waals surface area contributed by atoms with E-state index in [1.807, 2.05) is 6.07 Å². The lowest BCUT2D eigenvalue weighted by Gasteiger charge is -2.21. The standard InChI is InChI=1S/C13H17BrO2/c1-5-11(15)9-6-8(13(2,3)4)7-10(14)12(9)16/h6-7,16H,5H2,1-4H3. The molecule has 0 amide bonds. The number of carbonyl (C=O) groups is 1. The molecule has 0 spiro atoms. The number of phenolic OH excluding ortho intramolecular Hbond substituents is 1. The molecule has 0 aromatic heterocycles. The Morgan fingerprint density at radius 2 is 1.94 bits per heavy atom. The lowest BCUT2D eigenvalue weighted by molar-refractivity contribution is 0.0985. The molecular formula is C13H17BrO2. The second-order valence-corrected chi connectivity index (χ2v) is 5.74. The van der Waals surface area contributed by atoms with Crippen molar-refractivity contribution in [1.29, 1.82) is 0 Å². The normalized spacial score (nSPS) is 11.6. The second kappa shape index (κ2) is 4.58. The number of rotatable bonds is 2. The van der Waals surface area contributed by atoms with Gasteiger partial charge in [-0.3, -0.25) is 4.79 Å². The Bertz CT molecular complexity index is 417. The van der Waals surface area contributed by atoms with E-state index >= 15 is 0 Å². The van der Waals surface area contributed by atoms with Crippen LogP contribution >= 0.6 is 15.9 Å². The van der Waals surface area contributed by atoms with Gasteiger partial charge in [-0.1, -0.05) is 27.7 Å². The Morgan fingerprint density at radius 1 is 1.38 bits per heavy atom. The zero-order valence-electron chi connectivity index (χ0n) is 10.1. The monoisotopic (exact) mass is 284 g/mol. The zero-order valence-corrected chi connectivity index (χ0v) is 11.7. The van der Waals surface area contributed by atoms with Crippen LogP contribution in [0, 0.1) is 0 Å². The second-order valence-electron chi connectivity index (χ2n) is 4.88. The van der Waals surface area contributed by atoms with Crippen LogP contribution in [0.2, 0.25) is 0 Å². The molecule has 0 aliphatic rings. The fraction of sp³-hybridized carbons (Fsp3) is 0.462. The van der Waals surface area contributed by atoms with E-state index in [2.05, 4.69) is 36.7 Å². The van der Waals surface area contributed by atoms with E-state index in [1.165, 1.54) is 0 Å². The first kappa shape index (κ1) is 13.2. The van der Waals surface area contributed by atoms with Crippen LogP contribution in [0.1, 0.15) is 50.0 Å². The molecule has 1 aromatic carbocycles. The molecule has 0 aliphatic carbocycles. The minimum absolute atomic E-state index is 0.0377. The van der Waals surface area contributed by atoms with Crippen molar-refractivity contribution in [2.75, 3.05) is 0 Å².